The van der Waals surface area contributed by atoms with Crippen LogP contribution in [0.3, 0.4) is 0 Å². The van der Waals surface area contributed by atoms with E-state index in [2.05, 4.69) is 20.7 Å². The second-order valence-corrected chi connectivity index (χ2v) is 6.76. The fraction of sp³-hybridized carbons (Fsp3) is 0.0769. The molecule has 0 atom stereocenters. The van der Waals surface area contributed by atoms with Crippen molar-refractivity contribution in [3.63, 3.8) is 0 Å². The maximum Gasteiger partial charge on any atom is 0.262 e. The van der Waals surface area contributed by atoms with E-state index < -0.39 is 15.8 Å². The molecule has 2 aromatic rings. The largest absolute Gasteiger partial charge is 0.398 e. The van der Waals surface area contributed by atoms with Crippen molar-refractivity contribution in [1.29, 1.82) is 0 Å². The van der Waals surface area contributed by atoms with Crippen molar-refractivity contribution >= 4 is 37.3 Å². The fourth-order valence-electron chi connectivity index (χ4n) is 1.63. The van der Waals surface area contributed by atoms with Gasteiger partial charge >= 0.3 is 0 Å². The Morgan fingerprint density at radius 3 is 2.55 bits per heavy atom. The lowest BCUT2D eigenvalue weighted by atomic mass is 10.2. The molecular formula is C13H12BrFN2O2S. The number of para-hydroxylation sites is 1. The number of nitrogen functional groups attached to an aromatic ring is 1. The van der Waals surface area contributed by atoms with E-state index in [0.29, 0.717) is 15.7 Å². The number of hydrogen-bond donors (Lipinski definition) is 2. The second kappa shape index (κ2) is 5.41. The zero-order valence-corrected chi connectivity index (χ0v) is 12.9. The van der Waals surface area contributed by atoms with Crippen molar-refractivity contribution in [2.24, 2.45) is 0 Å². The first-order valence-electron chi connectivity index (χ1n) is 5.64. The lowest BCUT2D eigenvalue weighted by Crippen LogP contribution is -2.15. The molecule has 0 saturated heterocycles. The fourth-order valence-corrected chi connectivity index (χ4v) is 3.33. The summed E-state index contributed by atoms with van der Waals surface area (Å²) in [6, 6.07) is 8.53. The van der Waals surface area contributed by atoms with E-state index in [1.807, 2.05) is 0 Å². The monoisotopic (exact) mass is 358 g/mol. The third kappa shape index (κ3) is 2.94. The number of halogens is 2. The molecule has 4 nitrogen and oxygen atoms in total. The van der Waals surface area contributed by atoms with Crippen molar-refractivity contribution in [2.75, 3.05) is 10.5 Å². The van der Waals surface area contributed by atoms with Gasteiger partial charge in [-0.05, 0) is 52.7 Å². The van der Waals surface area contributed by atoms with Crippen LogP contribution in [0.25, 0.3) is 0 Å². The molecule has 0 saturated carbocycles. The Balaban J connectivity index is 2.43. The summed E-state index contributed by atoms with van der Waals surface area (Å²) >= 11 is 3.16. The van der Waals surface area contributed by atoms with Crippen LogP contribution in [-0.2, 0) is 10.0 Å². The Morgan fingerprint density at radius 2 is 1.95 bits per heavy atom. The standard InChI is InChI=1S/C13H12BrFN2O2S/c1-8-3-2-4-11(15)13(8)17-20(18,19)9-5-6-12(16)10(14)7-9/h2-7,17H,16H2,1H3. The summed E-state index contributed by atoms with van der Waals surface area (Å²) in [6.45, 7) is 1.62. The maximum absolute atomic E-state index is 13.7. The topological polar surface area (TPSA) is 72.2 Å². The molecular weight excluding hydrogens is 347 g/mol. The maximum atomic E-state index is 13.7. The zero-order chi connectivity index (χ0) is 14.9. The molecule has 2 rings (SSSR count). The molecule has 20 heavy (non-hydrogen) atoms. The van der Waals surface area contributed by atoms with Crippen LogP contribution < -0.4 is 10.5 Å². The lowest BCUT2D eigenvalue weighted by Gasteiger charge is -2.12. The Bertz CT molecular complexity index is 743. The van der Waals surface area contributed by atoms with E-state index in [9.17, 15) is 12.8 Å². The molecule has 106 valence electrons. The predicted octanol–water partition coefficient (Wildman–Crippen LogP) is 3.28. The number of hydrogen-bond acceptors (Lipinski definition) is 3. The Morgan fingerprint density at radius 1 is 1.25 bits per heavy atom. The number of sulfonamides is 1. The van der Waals surface area contributed by atoms with Gasteiger partial charge in [-0.25, -0.2) is 12.8 Å². The average Bonchev–Trinajstić information content (AvgIpc) is 2.37. The Kier molecular flexibility index (Phi) is 4.01. The highest BCUT2D eigenvalue weighted by Crippen LogP contribution is 2.26. The molecule has 7 heteroatoms. The summed E-state index contributed by atoms with van der Waals surface area (Å²) in [5.74, 6) is -0.622. The van der Waals surface area contributed by atoms with Crippen molar-refractivity contribution in [1.82, 2.24) is 0 Å². The van der Waals surface area contributed by atoms with Crippen molar-refractivity contribution in [2.45, 2.75) is 11.8 Å². The first kappa shape index (κ1) is 14.8. The van der Waals surface area contributed by atoms with Gasteiger partial charge in [0.2, 0.25) is 0 Å². The summed E-state index contributed by atoms with van der Waals surface area (Å²) in [7, 11) is -3.87. The minimum Gasteiger partial charge on any atom is -0.398 e. The van der Waals surface area contributed by atoms with Gasteiger partial charge in [0, 0.05) is 10.2 Å². The van der Waals surface area contributed by atoms with Gasteiger partial charge in [-0.1, -0.05) is 12.1 Å². The number of nitrogens with two attached hydrogens (primary N) is 1. The average molecular weight is 359 g/mol. The molecule has 0 spiro atoms. The molecule has 0 unspecified atom stereocenters. The molecule has 3 N–H and O–H groups in total. The molecule has 0 aromatic heterocycles. The summed E-state index contributed by atoms with van der Waals surface area (Å²) in [6.07, 6.45) is 0. The lowest BCUT2D eigenvalue weighted by molar-refractivity contribution is 0.598. The summed E-state index contributed by atoms with van der Waals surface area (Å²) in [5.41, 5.74) is 6.48. The number of nitrogens with one attached hydrogen (secondary N) is 1. The SMILES string of the molecule is Cc1cccc(F)c1NS(=O)(=O)c1ccc(N)c(Br)c1. The molecule has 0 amide bonds. The van der Waals surface area contributed by atoms with Crippen LogP contribution in [0.2, 0.25) is 0 Å². The summed E-state index contributed by atoms with van der Waals surface area (Å²) < 4.78 is 40.9. The molecule has 0 aliphatic heterocycles. The highest BCUT2D eigenvalue weighted by atomic mass is 79.9. The number of benzene rings is 2. The Hall–Kier alpha value is -1.60. The number of aryl methyl sites for hydroxylation is 1. The van der Waals surface area contributed by atoms with Crippen LogP contribution in [0.5, 0.6) is 0 Å². The van der Waals surface area contributed by atoms with Crippen LogP contribution in [0, 0.1) is 12.7 Å². The smallest absolute Gasteiger partial charge is 0.262 e. The van der Waals surface area contributed by atoms with Crippen LogP contribution in [0.15, 0.2) is 45.8 Å². The molecule has 0 bridgehead atoms. The third-order valence-electron chi connectivity index (χ3n) is 2.74. The normalized spacial score (nSPS) is 11.3. The van der Waals surface area contributed by atoms with E-state index in [1.54, 1.807) is 13.0 Å². The van der Waals surface area contributed by atoms with Gasteiger partial charge in [0.1, 0.15) is 5.82 Å². The van der Waals surface area contributed by atoms with Crippen molar-refractivity contribution in [3.05, 3.63) is 52.3 Å². The van der Waals surface area contributed by atoms with Gasteiger partial charge in [-0.3, -0.25) is 4.72 Å². The van der Waals surface area contributed by atoms with Crippen LogP contribution in [0.1, 0.15) is 5.56 Å². The van der Waals surface area contributed by atoms with Gasteiger partial charge in [-0.15, -0.1) is 0 Å². The zero-order valence-electron chi connectivity index (χ0n) is 10.5. The van der Waals surface area contributed by atoms with Gasteiger partial charge in [0.05, 0.1) is 10.6 Å². The summed E-state index contributed by atoms with van der Waals surface area (Å²) in [5, 5.41) is 0. The van der Waals surface area contributed by atoms with Crippen LogP contribution in [0.4, 0.5) is 15.8 Å². The molecule has 0 aliphatic rings. The minimum atomic E-state index is -3.87. The van der Waals surface area contributed by atoms with Gasteiger partial charge < -0.3 is 5.73 Å². The first-order valence-corrected chi connectivity index (χ1v) is 7.92. The highest BCUT2D eigenvalue weighted by Gasteiger charge is 2.18. The molecule has 0 radical (unpaired) electrons. The molecule has 2 aromatic carbocycles. The number of anilines is 2. The second-order valence-electron chi connectivity index (χ2n) is 4.22. The van der Waals surface area contributed by atoms with Crippen LogP contribution in [-0.4, -0.2) is 8.42 Å². The van der Waals surface area contributed by atoms with E-state index >= 15 is 0 Å². The molecule has 0 fully saturated rings. The van der Waals surface area contributed by atoms with E-state index in [0.717, 1.165) is 0 Å². The van der Waals surface area contributed by atoms with Crippen molar-refractivity contribution < 1.29 is 12.8 Å². The van der Waals surface area contributed by atoms with E-state index in [4.69, 9.17) is 5.73 Å². The van der Waals surface area contributed by atoms with E-state index in [1.165, 1.54) is 30.3 Å². The Labute approximate surface area is 125 Å². The van der Waals surface area contributed by atoms with Crippen molar-refractivity contribution in [3.8, 4) is 0 Å². The van der Waals surface area contributed by atoms with Gasteiger partial charge in [0.25, 0.3) is 10.0 Å². The quantitative estimate of drug-likeness (QED) is 0.827. The third-order valence-corrected chi connectivity index (χ3v) is 4.77. The first-order chi connectivity index (χ1) is 9.31. The molecule has 0 heterocycles. The molecule has 0 aliphatic carbocycles. The minimum absolute atomic E-state index is 0.00114. The van der Waals surface area contributed by atoms with Gasteiger partial charge in [0.15, 0.2) is 0 Å². The van der Waals surface area contributed by atoms with E-state index in [-0.39, 0.29) is 10.6 Å². The number of rotatable bonds is 3. The summed E-state index contributed by atoms with van der Waals surface area (Å²) in [4.78, 5) is 0.00114. The predicted molar refractivity (Wildman–Crippen MR) is 80.5 cm³/mol. The van der Waals surface area contributed by atoms with Crippen LogP contribution >= 0.6 is 15.9 Å². The highest BCUT2D eigenvalue weighted by molar-refractivity contribution is 9.10. The van der Waals surface area contributed by atoms with Gasteiger partial charge in [-0.2, -0.15) is 0 Å².